The normalized spacial score (nSPS) is 42.7. The van der Waals surface area contributed by atoms with Crippen LogP contribution in [0.15, 0.2) is 12.2 Å². The number of methoxy groups -OCH3 is 1. The molecule has 21 heavy (non-hydrogen) atoms. The average Bonchev–Trinajstić information content (AvgIpc) is 2.69. The van der Waals surface area contributed by atoms with Crippen LogP contribution in [0.5, 0.6) is 0 Å². The maximum Gasteiger partial charge on any atom is 0.316 e. The van der Waals surface area contributed by atoms with Crippen LogP contribution in [0.1, 0.15) is 13.3 Å². The van der Waals surface area contributed by atoms with Crippen molar-refractivity contribution in [1.29, 1.82) is 0 Å². The Bertz CT molecular complexity index is 502. The van der Waals surface area contributed by atoms with Gasteiger partial charge in [0.1, 0.15) is 11.3 Å². The first kappa shape index (κ1) is 15.2. The summed E-state index contributed by atoms with van der Waals surface area (Å²) in [4.78, 5) is 24.8. The topological polar surface area (TPSA) is 72.8 Å². The van der Waals surface area contributed by atoms with Crippen LogP contribution in [-0.2, 0) is 19.1 Å². The second-order valence-corrected chi connectivity index (χ2v) is 8.44. The van der Waals surface area contributed by atoms with Crippen LogP contribution in [-0.4, -0.2) is 51.9 Å². The fraction of sp³-hybridized carbons (Fsp3) is 0.714. The Kier molecular flexibility index (Phi) is 3.78. The van der Waals surface area contributed by atoms with Gasteiger partial charge in [-0.2, -0.15) is 0 Å². The van der Waals surface area contributed by atoms with E-state index >= 15 is 0 Å². The third kappa shape index (κ3) is 1.97. The first-order valence-electron chi connectivity index (χ1n) is 6.88. The smallest absolute Gasteiger partial charge is 0.316 e. The molecule has 0 spiro atoms. The summed E-state index contributed by atoms with van der Waals surface area (Å²) in [7, 11) is 1.30. The van der Waals surface area contributed by atoms with E-state index in [0.29, 0.717) is 0 Å². The highest BCUT2D eigenvalue weighted by Gasteiger charge is 2.72. The molecule has 0 aromatic rings. The van der Waals surface area contributed by atoms with Gasteiger partial charge >= 0.3 is 11.9 Å². The van der Waals surface area contributed by atoms with Crippen LogP contribution in [0.3, 0.4) is 0 Å². The van der Waals surface area contributed by atoms with Gasteiger partial charge in [-0.05, 0) is 30.9 Å². The third-order valence-corrected chi connectivity index (χ3v) is 7.75. The highest BCUT2D eigenvalue weighted by Crippen LogP contribution is 2.58. The zero-order valence-corrected chi connectivity index (χ0v) is 13.5. The molecule has 0 aromatic heterocycles. The summed E-state index contributed by atoms with van der Waals surface area (Å²) < 4.78 is 10.6. The van der Waals surface area contributed by atoms with Gasteiger partial charge in [-0.25, -0.2) is 0 Å². The van der Waals surface area contributed by atoms with Gasteiger partial charge in [-0.1, -0.05) is 6.08 Å². The molecule has 0 saturated carbocycles. The van der Waals surface area contributed by atoms with Crippen molar-refractivity contribution >= 4 is 35.5 Å². The van der Waals surface area contributed by atoms with Crippen molar-refractivity contribution < 1.29 is 24.2 Å². The number of carbonyl (C=O) groups is 2. The molecule has 0 unspecified atom stereocenters. The standard InChI is InChI=1S/C14H18O5S2/c1-13-8(15)4-5-14(19-11(13)17,9(13)10(16)18-2)12-20-6-3-7-21-12/h4-5,8-9,12,15H,3,6-7H2,1-2H3/t8-,9-,13+,14+/m0/s1. The zero-order chi connectivity index (χ0) is 15.3. The Hall–Kier alpha value is -0.660. The molecule has 2 aliphatic heterocycles. The Morgan fingerprint density at radius 2 is 2.14 bits per heavy atom. The molecule has 2 saturated heterocycles. The Balaban J connectivity index is 2.10. The second-order valence-electron chi connectivity index (χ2n) is 5.71. The van der Waals surface area contributed by atoms with Crippen molar-refractivity contribution in [2.24, 2.45) is 11.3 Å². The van der Waals surface area contributed by atoms with Crippen molar-refractivity contribution in [2.45, 2.75) is 29.6 Å². The lowest BCUT2D eigenvalue weighted by atomic mass is 9.65. The lowest BCUT2D eigenvalue weighted by Crippen LogP contribution is -2.55. The number of ether oxygens (including phenoxy) is 2. The number of thioether (sulfide) groups is 2. The van der Waals surface area contributed by atoms with Gasteiger partial charge in [-0.15, -0.1) is 23.5 Å². The number of rotatable bonds is 2. The Labute approximate surface area is 131 Å². The van der Waals surface area contributed by atoms with Crippen LogP contribution in [0, 0.1) is 11.3 Å². The molecule has 0 radical (unpaired) electrons. The molecule has 1 aliphatic carbocycles. The summed E-state index contributed by atoms with van der Waals surface area (Å²) in [6.07, 6.45) is 3.34. The average molecular weight is 330 g/mol. The minimum absolute atomic E-state index is 0.0510. The highest BCUT2D eigenvalue weighted by atomic mass is 32.2. The molecule has 7 heteroatoms. The van der Waals surface area contributed by atoms with Gasteiger partial charge in [0.2, 0.25) is 0 Å². The number of carbonyl (C=O) groups excluding carboxylic acids is 2. The van der Waals surface area contributed by atoms with E-state index in [2.05, 4.69) is 0 Å². The largest absolute Gasteiger partial charge is 0.469 e. The van der Waals surface area contributed by atoms with E-state index < -0.39 is 35.0 Å². The van der Waals surface area contributed by atoms with Gasteiger partial charge < -0.3 is 14.6 Å². The predicted octanol–water partition coefficient (Wildman–Crippen LogP) is 1.20. The van der Waals surface area contributed by atoms with Gasteiger partial charge in [-0.3, -0.25) is 9.59 Å². The number of fused-ring (bicyclic) bond motifs is 2. The molecule has 5 nitrogen and oxygen atoms in total. The lowest BCUT2D eigenvalue weighted by molar-refractivity contribution is -0.157. The minimum atomic E-state index is -1.28. The fourth-order valence-electron chi connectivity index (χ4n) is 3.34. The van der Waals surface area contributed by atoms with Gasteiger partial charge in [0.15, 0.2) is 5.60 Å². The second kappa shape index (κ2) is 5.21. The van der Waals surface area contributed by atoms with E-state index in [4.69, 9.17) is 9.47 Å². The lowest BCUT2D eigenvalue weighted by Gasteiger charge is -2.43. The molecule has 3 aliphatic rings. The van der Waals surface area contributed by atoms with Gasteiger partial charge in [0.25, 0.3) is 0 Å². The molecule has 3 rings (SSSR count). The van der Waals surface area contributed by atoms with Crippen molar-refractivity contribution in [3.05, 3.63) is 12.2 Å². The van der Waals surface area contributed by atoms with E-state index in [0.717, 1.165) is 17.9 Å². The molecular formula is C14H18O5S2. The molecule has 0 amide bonds. The maximum absolute atomic E-state index is 12.4. The number of hydrogen-bond acceptors (Lipinski definition) is 7. The summed E-state index contributed by atoms with van der Waals surface area (Å²) in [6.45, 7) is 1.59. The summed E-state index contributed by atoms with van der Waals surface area (Å²) >= 11 is 3.40. The third-order valence-electron chi connectivity index (χ3n) is 4.55. The van der Waals surface area contributed by atoms with Gasteiger partial charge in [0, 0.05) is 0 Å². The summed E-state index contributed by atoms with van der Waals surface area (Å²) in [5.41, 5.74) is -2.30. The molecule has 0 aromatic carbocycles. The molecular weight excluding hydrogens is 312 g/mol. The van der Waals surface area contributed by atoms with Crippen molar-refractivity contribution in [3.63, 3.8) is 0 Å². The first-order chi connectivity index (χ1) is 9.96. The van der Waals surface area contributed by atoms with E-state index in [9.17, 15) is 14.7 Å². The Morgan fingerprint density at radius 3 is 2.76 bits per heavy atom. The number of aliphatic hydroxyl groups excluding tert-OH is 1. The number of aliphatic hydroxyl groups is 1. The van der Waals surface area contributed by atoms with Crippen LogP contribution in [0.4, 0.5) is 0 Å². The molecule has 4 atom stereocenters. The molecule has 2 fully saturated rings. The molecule has 116 valence electrons. The van der Waals surface area contributed by atoms with Gasteiger partial charge in [0.05, 0.1) is 17.8 Å². The van der Waals surface area contributed by atoms with E-state index in [1.165, 1.54) is 7.11 Å². The first-order valence-corrected chi connectivity index (χ1v) is 8.98. The number of hydrogen-bond donors (Lipinski definition) is 1. The van der Waals surface area contributed by atoms with Crippen molar-refractivity contribution in [2.75, 3.05) is 18.6 Å². The summed E-state index contributed by atoms with van der Waals surface area (Å²) in [5, 5.41) is 10.2. The zero-order valence-electron chi connectivity index (χ0n) is 11.9. The van der Waals surface area contributed by atoms with Crippen molar-refractivity contribution in [3.8, 4) is 0 Å². The minimum Gasteiger partial charge on any atom is -0.469 e. The van der Waals surface area contributed by atoms with E-state index in [1.54, 1.807) is 42.6 Å². The van der Waals surface area contributed by atoms with Crippen LogP contribution >= 0.6 is 23.5 Å². The summed E-state index contributed by atoms with van der Waals surface area (Å²) in [5.74, 6) is 0.0990. The SMILES string of the molecule is COC(=O)[C@H]1[C@]2(C)C(=O)O[C@]1(C1SCCCS1)C=C[C@@H]2O. The van der Waals surface area contributed by atoms with Crippen LogP contribution in [0.2, 0.25) is 0 Å². The Morgan fingerprint density at radius 1 is 1.48 bits per heavy atom. The molecule has 2 heterocycles. The quantitative estimate of drug-likeness (QED) is 0.602. The summed E-state index contributed by atoms with van der Waals surface area (Å²) in [6, 6.07) is 0. The van der Waals surface area contributed by atoms with Crippen molar-refractivity contribution in [1.82, 2.24) is 0 Å². The monoisotopic (exact) mass is 330 g/mol. The van der Waals surface area contributed by atoms with E-state index in [1.807, 2.05) is 0 Å². The highest BCUT2D eigenvalue weighted by molar-refractivity contribution is 8.17. The predicted molar refractivity (Wildman–Crippen MR) is 80.9 cm³/mol. The van der Waals surface area contributed by atoms with Crippen LogP contribution in [0.25, 0.3) is 0 Å². The van der Waals surface area contributed by atoms with E-state index in [-0.39, 0.29) is 4.58 Å². The van der Waals surface area contributed by atoms with Crippen LogP contribution < -0.4 is 0 Å². The maximum atomic E-state index is 12.4. The number of esters is 2. The fourth-order valence-corrected chi connectivity index (χ4v) is 6.58. The molecule has 2 bridgehead atoms. The molecule has 1 N–H and O–H groups in total.